The number of amides is 1. The second kappa shape index (κ2) is 11.8. The zero-order chi connectivity index (χ0) is 16.3. The van der Waals surface area contributed by atoms with Crippen molar-refractivity contribution in [2.24, 2.45) is 0 Å². The summed E-state index contributed by atoms with van der Waals surface area (Å²) in [5.74, 6) is -0.362. The third kappa shape index (κ3) is 8.97. The summed E-state index contributed by atoms with van der Waals surface area (Å²) in [7, 11) is 0. The van der Waals surface area contributed by atoms with Crippen LogP contribution in [-0.4, -0.2) is 77.3 Å². The van der Waals surface area contributed by atoms with Crippen molar-refractivity contribution >= 4 is 5.91 Å². The van der Waals surface area contributed by atoms with Crippen molar-refractivity contribution in [3.05, 3.63) is 0 Å². The molecule has 0 bridgehead atoms. The van der Waals surface area contributed by atoms with E-state index in [1.54, 1.807) is 0 Å². The molecule has 8 nitrogen and oxygen atoms in total. The Morgan fingerprint density at radius 1 is 1.19 bits per heavy atom. The van der Waals surface area contributed by atoms with Gasteiger partial charge < -0.3 is 35.2 Å². The minimum atomic E-state index is -1.01. The quantitative estimate of drug-likeness (QED) is 0.216. The highest BCUT2D eigenvalue weighted by Crippen LogP contribution is 2.10. The van der Waals surface area contributed by atoms with E-state index < -0.39 is 37.8 Å². The summed E-state index contributed by atoms with van der Waals surface area (Å²) in [5, 5.41) is 39.2. The van der Waals surface area contributed by atoms with E-state index in [1.807, 2.05) is 0 Å². The molecule has 0 aromatic carbocycles. The van der Waals surface area contributed by atoms with Gasteiger partial charge in [-0.25, -0.2) is 0 Å². The Morgan fingerprint density at radius 3 is 2.29 bits per heavy atom. The fourth-order valence-corrected chi connectivity index (χ4v) is 1.61. The standard InChI is InChI=1S/C13H27NO7/c1-9(18)12(8-17)21-13(20-6-4-3-5-15)11(7-16)14-10(2)19/h9,11-13,15-18H,3-8H2,1-2H3,(H,14,19)/t9-,11+,12?,13?/m1/s1. The molecule has 21 heavy (non-hydrogen) atoms. The third-order valence-electron chi connectivity index (χ3n) is 2.78. The molecule has 1 amide bonds. The first-order chi connectivity index (χ1) is 9.96. The number of ether oxygens (including phenoxy) is 2. The molecular weight excluding hydrogens is 282 g/mol. The number of carbonyl (C=O) groups excluding carboxylic acids is 1. The Balaban J connectivity index is 4.67. The number of rotatable bonds is 12. The second-order valence-corrected chi connectivity index (χ2v) is 4.76. The topological polar surface area (TPSA) is 128 Å². The van der Waals surface area contributed by atoms with Gasteiger partial charge >= 0.3 is 0 Å². The van der Waals surface area contributed by atoms with E-state index in [1.165, 1.54) is 13.8 Å². The van der Waals surface area contributed by atoms with Gasteiger partial charge in [-0.05, 0) is 19.8 Å². The number of aliphatic hydroxyl groups is 4. The summed E-state index contributed by atoms with van der Waals surface area (Å²) in [6.07, 6.45) is -1.71. The van der Waals surface area contributed by atoms with Crippen LogP contribution in [0, 0.1) is 0 Å². The number of nitrogens with one attached hydrogen (secondary N) is 1. The van der Waals surface area contributed by atoms with Gasteiger partial charge in [-0.15, -0.1) is 0 Å². The molecule has 0 radical (unpaired) electrons. The van der Waals surface area contributed by atoms with Gasteiger partial charge in [-0.2, -0.15) is 0 Å². The molecule has 0 aliphatic rings. The van der Waals surface area contributed by atoms with Crippen LogP contribution < -0.4 is 5.32 Å². The van der Waals surface area contributed by atoms with Crippen LogP contribution in [0.3, 0.4) is 0 Å². The highest BCUT2D eigenvalue weighted by Gasteiger charge is 2.28. The normalized spacial score (nSPS) is 17.0. The molecule has 0 saturated heterocycles. The number of carbonyl (C=O) groups is 1. The number of aliphatic hydroxyl groups excluding tert-OH is 4. The van der Waals surface area contributed by atoms with Crippen LogP contribution in [0.15, 0.2) is 0 Å². The molecule has 126 valence electrons. The molecule has 5 N–H and O–H groups in total. The second-order valence-electron chi connectivity index (χ2n) is 4.76. The van der Waals surface area contributed by atoms with Crippen molar-refractivity contribution in [2.45, 2.75) is 51.2 Å². The molecule has 0 spiro atoms. The molecule has 0 saturated carbocycles. The largest absolute Gasteiger partial charge is 0.396 e. The fraction of sp³-hybridized carbons (Fsp3) is 0.923. The summed E-state index contributed by atoms with van der Waals surface area (Å²) < 4.78 is 10.9. The zero-order valence-corrected chi connectivity index (χ0v) is 12.6. The minimum Gasteiger partial charge on any atom is -0.396 e. The summed E-state index contributed by atoms with van der Waals surface area (Å²) in [5.41, 5.74) is 0. The van der Waals surface area contributed by atoms with Crippen LogP contribution in [-0.2, 0) is 14.3 Å². The maximum Gasteiger partial charge on any atom is 0.217 e. The smallest absolute Gasteiger partial charge is 0.217 e. The predicted octanol–water partition coefficient (Wildman–Crippen LogP) is -1.64. The molecule has 0 fully saturated rings. The Hall–Kier alpha value is -0.770. The molecule has 0 aliphatic carbocycles. The van der Waals surface area contributed by atoms with Crippen molar-refractivity contribution in [2.75, 3.05) is 26.4 Å². The van der Waals surface area contributed by atoms with E-state index in [-0.39, 0.29) is 19.1 Å². The van der Waals surface area contributed by atoms with Crippen molar-refractivity contribution in [1.82, 2.24) is 5.32 Å². The fourth-order valence-electron chi connectivity index (χ4n) is 1.61. The third-order valence-corrected chi connectivity index (χ3v) is 2.78. The van der Waals surface area contributed by atoms with Gasteiger partial charge in [0.2, 0.25) is 5.91 Å². The van der Waals surface area contributed by atoms with Crippen molar-refractivity contribution in [3.8, 4) is 0 Å². The van der Waals surface area contributed by atoms with Crippen molar-refractivity contribution < 1.29 is 34.7 Å². The summed E-state index contributed by atoms with van der Waals surface area (Å²) in [6, 6.07) is -0.815. The molecule has 0 aliphatic heterocycles. The lowest BCUT2D eigenvalue weighted by Gasteiger charge is -2.30. The lowest BCUT2D eigenvalue weighted by Crippen LogP contribution is -2.50. The van der Waals surface area contributed by atoms with Gasteiger partial charge in [0.05, 0.1) is 19.3 Å². The average Bonchev–Trinajstić information content (AvgIpc) is 2.43. The lowest BCUT2D eigenvalue weighted by atomic mass is 10.2. The molecular formula is C13H27NO7. The van der Waals surface area contributed by atoms with E-state index in [0.29, 0.717) is 12.8 Å². The molecule has 0 rings (SSSR count). The highest BCUT2D eigenvalue weighted by atomic mass is 16.7. The van der Waals surface area contributed by atoms with Crippen molar-refractivity contribution in [3.63, 3.8) is 0 Å². The lowest BCUT2D eigenvalue weighted by molar-refractivity contribution is -0.214. The van der Waals surface area contributed by atoms with Gasteiger partial charge in [0.25, 0.3) is 0 Å². The Bertz CT molecular complexity index is 275. The van der Waals surface area contributed by atoms with Crippen LogP contribution in [0.1, 0.15) is 26.7 Å². The average molecular weight is 309 g/mol. The number of hydrogen-bond acceptors (Lipinski definition) is 7. The van der Waals surface area contributed by atoms with Gasteiger partial charge in [-0.3, -0.25) is 4.79 Å². The first-order valence-electron chi connectivity index (χ1n) is 7.01. The van der Waals surface area contributed by atoms with Crippen LogP contribution >= 0.6 is 0 Å². The molecule has 8 heteroatoms. The summed E-state index contributed by atoms with van der Waals surface area (Å²) in [4.78, 5) is 11.1. The number of hydrogen-bond donors (Lipinski definition) is 5. The van der Waals surface area contributed by atoms with Gasteiger partial charge in [-0.1, -0.05) is 0 Å². The first-order valence-corrected chi connectivity index (χ1v) is 7.01. The Labute approximate surface area is 124 Å². The zero-order valence-electron chi connectivity index (χ0n) is 12.6. The predicted molar refractivity (Wildman–Crippen MR) is 74.4 cm³/mol. The molecule has 0 heterocycles. The molecule has 4 atom stereocenters. The van der Waals surface area contributed by atoms with Crippen molar-refractivity contribution in [1.29, 1.82) is 0 Å². The Morgan fingerprint density at radius 2 is 1.86 bits per heavy atom. The summed E-state index contributed by atoms with van der Waals surface area (Å²) in [6.45, 7) is 2.20. The van der Waals surface area contributed by atoms with E-state index >= 15 is 0 Å². The SMILES string of the molecule is CC(=O)N[C@@H](CO)C(OCCCCO)OC(CO)[C@@H](C)O. The van der Waals surface area contributed by atoms with Crippen LogP contribution in [0.2, 0.25) is 0 Å². The summed E-state index contributed by atoms with van der Waals surface area (Å²) >= 11 is 0. The number of unbranched alkanes of at least 4 members (excludes halogenated alkanes) is 1. The van der Waals surface area contributed by atoms with E-state index in [9.17, 15) is 15.0 Å². The monoisotopic (exact) mass is 309 g/mol. The maximum atomic E-state index is 11.1. The van der Waals surface area contributed by atoms with Crippen LogP contribution in [0.5, 0.6) is 0 Å². The first kappa shape index (κ1) is 20.2. The maximum absolute atomic E-state index is 11.1. The van der Waals surface area contributed by atoms with Gasteiger partial charge in [0, 0.05) is 20.1 Å². The molecule has 0 aromatic rings. The van der Waals surface area contributed by atoms with E-state index in [2.05, 4.69) is 5.32 Å². The highest BCUT2D eigenvalue weighted by molar-refractivity contribution is 5.73. The van der Waals surface area contributed by atoms with E-state index in [0.717, 1.165) is 0 Å². The van der Waals surface area contributed by atoms with Gasteiger partial charge in [0.15, 0.2) is 6.29 Å². The van der Waals surface area contributed by atoms with Gasteiger partial charge in [0.1, 0.15) is 12.1 Å². The Kier molecular flexibility index (Phi) is 11.4. The van der Waals surface area contributed by atoms with Crippen LogP contribution in [0.25, 0.3) is 0 Å². The molecule has 2 unspecified atom stereocenters. The minimum absolute atomic E-state index is 0.0386. The van der Waals surface area contributed by atoms with Crippen LogP contribution in [0.4, 0.5) is 0 Å². The van der Waals surface area contributed by atoms with E-state index in [4.69, 9.17) is 19.7 Å². The molecule has 0 aromatic heterocycles.